The lowest BCUT2D eigenvalue weighted by Crippen LogP contribution is -2.38. The Bertz CT molecular complexity index is 847. The molecular formula is C22H31N5O3S. The molecule has 0 saturated carbocycles. The third-order valence-electron chi connectivity index (χ3n) is 5.37. The second-order valence-corrected chi connectivity index (χ2v) is 8.70. The van der Waals surface area contributed by atoms with Crippen molar-refractivity contribution >= 4 is 22.0 Å². The fraction of sp³-hybridized carbons (Fsp3) is 0.591. The summed E-state index contributed by atoms with van der Waals surface area (Å²) >= 11 is 1.68. The van der Waals surface area contributed by atoms with Crippen LogP contribution in [-0.4, -0.2) is 75.6 Å². The Morgan fingerprint density at radius 2 is 1.84 bits per heavy atom. The summed E-state index contributed by atoms with van der Waals surface area (Å²) in [5.41, 5.74) is 1.97. The number of hydrogen-bond donors (Lipinski definition) is 0. The first-order valence-electron chi connectivity index (χ1n) is 11.0. The average molecular weight is 446 g/mol. The standard InChI is InChI=1S/C22H31N5O3S/c1-2-20-3-4-22(31-20)25-23-17-18-15-19(27-8-12-29-13-9-27)16-21(24-18)30-14-7-26-5-10-28-11-6-26/h3-4,15-16H,2,5-14,17H2,1H3. The molecule has 2 aliphatic rings. The van der Waals surface area contributed by atoms with Gasteiger partial charge in [0.15, 0.2) is 0 Å². The second-order valence-electron chi connectivity index (χ2n) is 7.55. The SMILES string of the molecule is CCc1ccc(N=NCc2cc(N3CCOCC3)cc(OCCN3CCOCC3)n2)s1. The summed E-state index contributed by atoms with van der Waals surface area (Å²) < 4.78 is 17.0. The Kier molecular flexibility index (Phi) is 8.23. The van der Waals surface area contributed by atoms with Gasteiger partial charge in [0.2, 0.25) is 5.88 Å². The molecule has 0 atom stereocenters. The fourth-order valence-corrected chi connectivity index (χ4v) is 4.38. The minimum Gasteiger partial charge on any atom is -0.476 e. The molecule has 9 heteroatoms. The molecule has 0 radical (unpaired) electrons. The van der Waals surface area contributed by atoms with Gasteiger partial charge in [0.25, 0.3) is 0 Å². The number of rotatable bonds is 9. The van der Waals surface area contributed by atoms with Crippen molar-refractivity contribution in [2.45, 2.75) is 19.9 Å². The van der Waals surface area contributed by atoms with Gasteiger partial charge >= 0.3 is 0 Å². The van der Waals surface area contributed by atoms with E-state index in [4.69, 9.17) is 14.2 Å². The zero-order chi connectivity index (χ0) is 21.3. The van der Waals surface area contributed by atoms with Crippen LogP contribution in [0.5, 0.6) is 5.88 Å². The number of hydrogen-bond acceptors (Lipinski definition) is 9. The van der Waals surface area contributed by atoms with Crippen molar-refractivity contribution in [1.29, 1.82) is 0 Å². The average Bonchev–Trinajstić information content (AvgIpc) is 3.28. The summed E-state index contributed by atoms with van der Waals surface area (Å²) in [4.78, 5) is 10.7. The molecule has 0 N–H and O–H groups in total. The van der Waals surface area contributed by atoms with Gasteiger partial charge in [-0.05, 0) is 24.6 Å². The predicted molar refractivity (Wildman–Crippen MR) is 122 cm³/mol. The van der Waals surface area contributed by atoms with E-state index in [9.17, 15) is 0 Å². The first-order chi connectivity index (χ1) is 15.3. The largest absolute Gasteiger partial charge is 0.476 e. The van der Waals surface area contributed by atoms with Crippen LogP contribution in [0.1, 0.15) is 17.5 Å². The van der Waals surface area contributed by atoms with Crippen LogP contribution in [0.25, 0.3) is 0 Å². The van der Waals surface area contributed by atoms with Gasteiger partial charge in [-0.1, -0.05) is 6.92 Å². The predicted octanol–water partition coefficient (Wildman–Crippen LogP) is 3.54. The molecule has 0 spiro atoms. The highest BCUT2D eigenvalue weighted by molar-refractivity contribution is 7.15. The van der Waals surface area contributed by atoms with Crippen LogP contribution in [0.2, 0.25) is 0 Å². The number of nitrogens with zero attached hydrogens (tertiary/aromatic N) is 5. The third kappa shape index (κ3) is 6.70. The molecule has 2 fully saturated rings. The van der Waals surface area contributed by atoms with Crippen molar-refractivity contribution in [2.24, 2.45) is 10.2 Å². The molecule has 2 aromatic rings. The Balaban J connectivity index is 1.41. The van der Waals surface area contributed by atoms with Gasteiger partial charge in [0.05, 0.1) is 32.1 Å². The quantitative estimate of drug-likeness (QED) is 0.550. The summed E-state index contributed by atoms with van der Waals surface area (Å²) in [7, 11) is 0. The highest BCUT2D eigenvalue weighted by Crippen LogP contribution is 2.26. The van der Waals surface area contributed by atoms with Crippen LogP contribution < -0.4 is 9.64 Å². The minimum atomic E-state index is 0.428. The maximum Gasteiger partial charge on any atom is 0.215 e. The van der Waals surface area contributed by atoms with E-state index in [0.29, 0.717) is 19.0 Å². The van der Waals surface area contributed by atoms with Crippen molar-refractivity contribution < 1.29 is 14.2 Å². The summed E-state index contributed by atoms with van der Waals surface area (Å²) in [5, 5.41) is 9.70. The first-order valence-corrected chi connectivity index (χ1v) is 11.8. The van der Waals surface area contributed by atoms with Crippen LogP contribution in [0.15, 0.2) is 34.5 Å². The van der Waals surface area contributed by atoms with Gasteiger partial charge in [-0.3, -0.25) is 4.90 Å². The van der Waals surface area contributed by atoms with Crippen molar-refractivity contribution in [2.75, 3.05) is 70.7 Å². The maximum absolute atomic E-state index is 6.04. The Hall–Kier alpha value is -2.07. The van der Waals surface area contributed by atoms with E-state index >= 15 is 0 Å². The summed E-state index contributed by atoms with van der Waals surface area (Å²) in [6, 6.07) is 8.24. The lowest BCUT2D eigenvalue weighted by molar-refractivity contribution is 0.0320. The second kappa shape index (κ2) is 11.5. The maximum atomic E-state index is 6.04. The van der Waals surface area contributed by atoms with Gasteiger partial charge < -0.3 is 19.1 Å². The minimum absolute atomic E-state index is 0.428. The van der Waals surface area contributed by atoms with E-state index < -0.39 is 0 Å². The van der Waals surface area contributed by atoms with Crippen LogP contribution in [0.3, 0.4) is 0 Å². The number of aromatic nitrogens is 1. The molecule has 0 aliphatic carbocycles. The highest BCUT2D eigenvalue weighted by Gasteiger charge is 2.15. The van der Waals surface area contributed by atoms with Gasteiger partial charge in [0, 0.05) is 49.4 Å². The Morgan fingerprint density at radius 3 is 2.58 bits per heavy atom. The van der Waals surface area contributed by atoms with Crippen molar-refractivity contribution in [3.8, 4) is 5.88 Å². The first kappa shape index (κ1) is 22.1. The molecule has 8 nitrogen and oxygen atoms in total. The summed E-state index contributed by atoms with van der Waals surface area (Å²) in [5.74, 6) is 0.645. The Labute approximate surface area is 187 Å². The van der Waals surface area contributed by atoms with E-state index in [1.54, 1.807) is 11.3 Å². The van der Waals surface area contributed by atoms with E-state index in [1.165, 1.54) is 4.88 Å². The number of morpholine rings is 2. The lowest BCUT2D eigenvalue weighted by atomic mass is 10.2. The third-order valence-corrected chi connectivity index (χ3v) is 6.49. The number of ether oxygens (including phenoxy) is 3. The van der Waals surface area contributed by atoms with E-state index in [-0.39, 0.29) is 0 Å². The molecular weight excluding hydrogens is 414 g/mol. The van der Waals surface area contributed by atoms with E-state index in [1.807, 2.05) is 12.1 Å². The molecule has 0 amide bonds. The van der Waals surface area contributed by atoms with Crippen LogP contribution in [0, 0.1) is 0 Å². The topological polar surface area (TPSA) is 71.8 Å². The fourth-order valence-electron chi connectivity index (χ4n) is 3.60. The number of azo groups is 1. The smallest absolute Gasteiger partial charge is 0.215 e. The monoisotopic (exact) mass is 445 g/mol. The number of pyridine rings is 1. The normalized spacial score (nSPS) is 18.0. The Morgan fingerprint density at radius 1 is 1.06 bits per heavy atom. The lowest BCUT2D eigenvalue weighted by Gasteiger charge is -2.29. The molecule has 2 aromatic heterocycles. The molecule has 0 aromatic carbocycles. The van der Waals surface area contributed by atoms with E-state index in [2.05, 4.69) is 44.1 Å². The van der Waals surface area contributed by atoms with Gasteiger partial charge in [-0.15, -0.1) is 16.5 Å². The number of thiophene rings is 1. The van der Waals surface area contributed by atoms with Crippen molar-refractivity contribution in [3.05, 3.63) is 34.8 Å². The van der Waals surface area contributed by atoms with Crippen LogP contribution in [-0.2, 0) is 22.4 Å². The molecule has 0 unspecified atom stereocenters. The zero-order valence-corrected chi connectivity index (χ0v) is 19.0. The summed E-state index contributed by atoms with van der Waals surface area (Å²) in [6.45, 7) is 10.8. The number of anilines is 1. The number of aryl methyl sites for hydroxylation is 1. The molecule has 4 rings (SSSR count). The molecule has 168 valence electrons. The van der Waals surface area contributed by atoms with Gasteiger partial charge in [-0.2, -0.15) is 5.11 Å². The summed E-state index contributed by atoms with van der Waals surface area (Å²) in [6.07, 6.45) is 1.02. The van der Waals surface area contributed by atoms with Crippen molar-refractivity contribution in [3.63, 3.8) is 0 Å². The van der Waals surface area contributed by atoms with Crippen LogP contribution >= 0.6 is 11.3 Å². The van der Waals surface area contributed by atoms with E-state index in [0.717, 1.165) is 82.0 Å². The molecule has 2 aliphatic heterocycles. The highest BCUT2D eigenvalue weighted by atomic mass is 32.1. The van der Waals surface area contributed by atoms with Gasteiger partial charge in [0.1, 0.15) is 18.2 Å². The molecule has 0 bridgehead atoms. The van der Waals surface area contributed by atoms with Crippen molar-refractivity contribution in [1.82, 2.24) is 9.88 Å². The molecule has 31 heavy (non-hydrogen) atoms. The van der Waals surface area contributed by atoms with Gasteiger partial charge in [-0.25, -0.2) is 4.98 Å². The zero-order valence-electron chi connectivity index (χ0n) is 18.2. The molecule has 2 saturated heterocycles. The molecule has 4 heterocycles. The van der Waals surface area contributed by atoms with Crippen LogP contribution in [0.4, 0.5) is 10.7 Å².